The molecule has 1 atom stereocenters. The van der Waals surface area contributed by atoms with Gasteiger partial charge in [-0.2, -0.15) is 0 Å². The molecule has 3 heterocycles. The van der Waals surface area contributed by atoms with E-state index in [1.54, 1.807) is 39.3 Å². The normalized spacial score (nSPS) is 19.4. The molecule has 1 fully saturated rings. The zero-order valence-electron chi connectivity index (χ0n) is 22.4. The van der Waals surface area contributed by atoms with Crippen LogP contribution >= 0.6 is 0 Å². The molecule has 2 aliphatic rings. The van der Waals surface area contributed by atoms with Crippen molar-refractivity contribution in [3.05, 3.63) is 47.7 Å². The van der Waals surface area contributed by atoms with Crippen molar-refractivity contribution in [3.63, 3.8) is 0 Å². The fraction of sp³-hybridized carbons (Fsp3) is 0.500. The molecule has 11 heteroatoms. The quantitative estimate of drug-likeness (QED) is 0.522. The van der Waals surface area contributed by atoms with Crippen molar-refractivity contribution in [2.45, 2.75) is 58.2 Å². The van der Waals surface area contributed by atoms with Gasteiger partial charge in [-0.1, -0.05) is 19.9 Å². The summed E-state index contributed by atoms with van der Waals surface area (Å²) < 4.78 is 31.5. The van der Waals surface area contributed by atoms with E-state index in [2.05, 4.69) is 10.3 Å². The summed E-state index contributed by atoms with van der Waals surface area (Å²) in [5.74, 6) is 0.276. The largest absolute Gasteiger partial charge is 0.383 e. The Hall–Kier alpha value is -3.18. The van der Waals surface area contributed by atoms with Crippen LogP contribution in [0, 0.1) is 0 Å². The van der Waals surface area contributed by atoms with Crippen molar-refractivity contribution < 1.29 is 22.7 Å². The van der Waals surface area contributed by atoms with Crippen LogP contribution in [0.5, 0.6) is 0 Å². The van der Waals surface area contributed by atoms with Gasteiger partial charge in [-0.3, -0.25) is 9.10 Å². The lowest BCUT2D eigenvalue weighted by Crippen LogP contribution is -2.43. The minimum absolute atomic E-state index is 0.0472. The maximum Gasteiger partial charge on any atom is 0.332 e. The molecule has 1 aromatic heterocycles. The third-order valence-corrected chi connectivity index (χ3v) is 8.10. The summed E-state index contributed by atoms with van der Waals surface area (Å²) in [4.78, 5) is 34.2. The number of pyridine rings is 1. The lowest BCUT2D eigenvalue weighted by atomic mass is 9.87. The lowest BCUT2D eigenvalue weighted by molar-refractivity contribution is -0.123. The van der Waals surface area contributed by atoms with E-state index >= 15 is 0 Å². The zero-order valence-corrected chi connectivity index (χ0v) is 23.2. The minimum atomic E-state index is -3.53. The van der Waals surface area contributed by atoms with Gasteiger partial charge in [0, 0.05) is 37.9 Å². The predicted octanol–water partition coefficient (Wildman–Crippen LogP) is 3.33. The smallest absolute Gasteiger partial charge is 0.332 e. The number of amides is 3. The maximum atomic E-state index is 13.6. The number of sulfonamides is 1. The fourth-order valence-corrected chi connectivity index (χ4v) is 6.04. The van der Waals surface area contributed by atoms with Crippen molar-refractivity contribution in [3.8, 4) is 0 Å². The number of nitrogens with one attached hydrogen (secondary N) is 1. The predicted molar refractivity (Wildman–Crippen MR) is 143 cm³/mol. The first kappa shape index (κ1) is 26.9. The number of nitrogens with zero attached hydrogens (tertiary/aromatic N) is 4. The van der Waals surface area contributed by atoms with Crippen LogP contribution in [-0.2, 0) is 31.5 Å². The third-order valence-electron chi connectivity index (χ3n) is 6.98. The monoisotopic (exact) mass is 529 g/mol. The zero-order chi connectivity index (χ0) is 27.3. The number of carbonyl (C=O) groups excluding carboxylic acids is 2. The van der Waals surface area contributed by atoms with Gasteiger partial charge in [0.25, 0.3) is 5.91 Å². The Labute approximate surface area is 218 Å². The second-order valence-electron chi connectivity index (χ2n) is 11.0. The topological polar surface area (TPSA) is 112 Å². The Morgan fingerprint density at radius 2 is 1.84 bits per heavy atom. The van der Waals surface area contributed by atoms with E-state index < -0.39 is 27.0 Å². The van der Waals surface area contributed by atoms with Gasteiger partial charge in [0.1, 0.15) is 11.4 Å². The molecule has 0 radical (unpaired) electrons. The van der Waals surface area contributed by atoms with Gasteiger partial charge in [-0.05, 0) is 56.2 Å². The average Bonchev–Trinajstić information content (AvgIpc) is 3.16. The number of aromatic nitrogens is 1. The first-order valence-corrected chi connectivity index (χ1v) is 14.0. The highest BCUT2D eigenvalue weighted by Gasteiger charge is 2.52. The second-order valence-corrected chi connectivity index (χ2v) is 12.9. The molecular formula is C26H35N5O5S. The number of carbonyl (C=O) groups is 2. The molecule has 0 bridgehead atoms. The summed E-state index contributed by atoms with van der Waals surface area (Å²) >= 11 is 0. The fourth-order valence-electron chi connectivity index (χ4n) is 4.97. The number of fused-ring (bicyclic) bond motifs is 1. The van der Waals surface area contributed by atoms with Crippen molar-refractivity contribution >= 4 is 39.2 Å². The number of urea groups is 1. The molecule has 200 valence electrons. The SMILES string of the molecule is COC[C@@H](C)Nc1cc(CN2C(=O)N(c3ccc4c(c3)N(S(C)(=O)=O)CC4(C)C)C(=O)C2(C)C)ccn1. The van der Waals surface area contributed by atoms with Gasteiger partial charge in [-0.25, -0.2) is 23.1 Å². The first-order chi connectivity index (χ1) is 17.2. The highest BCUT2D eigenvalue weighted by Crippen LogP contribution is 2.44. The number of rotatable bonds is 8. The number of hydrogen-bond acceptors (Lipinski definition) is 7. The summed E-state index contributed by atoms with van der Waals surface area (Å²) in [6, 6.07) is 8.41. The Balaban J connectivity index is 1.64. The number of hydrogen-bond donors (Lipinski definition) is 1. The molecule has 37 heavy (non-hydrogen) atoms. The van der Waals surface area contributed by atoms with E-state index in [1.165, 1.54) is 9.21 Å². The highest BCUT2D eigenvalue weighted by molar-refractivity contribution is 7.92. The molecule has 0 saturated carbocycles. The van der Waals surface area contributed by atoms with Gasteiger partial charge >= 0.3 is 6.03 Å². The van der Waals surface area contributed by atoms with Crippen LogP contribution in [0.1, 0.15) is 45.7 Å². The van der Waals surface area contributed by atoms with E-state index in [0.717, 1.165) is 22.3 Å². The van der Waals surface area contributed by atoms with E-state index in [0.29, 0.717) is 30.3 Å². The van der Waals surface area contributed by atoms with Crippen LogP contribution < -0.4 is 14.5 Å². The molecule has 2 aliphatic heterocycles. The summed E-state index contributed by atoms with van der Waals surface area (Å²) in [5, 5.41) is 3.26. The highest BCUT2D eigenvalue weighted by atomic mass is 32.2. The molecule has 3 amide bonds. The van der Waals surface area contributed by atoms with Gasteiger partial charge in [0.05, 0.1) is 24.2 Å². The van der Waals surface area contributed by atoms with Crippen molar-refractivity contribution in [2.24, 2.45) is 0 Å². The molecule has 1 N–H and O–H groups in total. The van der Waals surface area contributed by atoms with Gasteiger partial charge in [-0.15, -0.1) is 0 Å². The van der Waals surface area contributed by atoms with Crippen LogP contribution in [0.2, 0.25) is 0 Å². The van der Waals surface area contributed by atoms with E-state index in [4.69, 9.17) is 4.74 Å². The first-order valence-electron chi connectivity index (χ1n) is 12.2. The second kappa shape index (κ2) is 9.29. The van der Waals surface area contributed by atoms with Gasteiger partial charge in [0.2, 0.25) is 10.0 Å². The van der Waals surface area contributed by atoms with Crippen molar-refractivity contribution in [1.82, 2.24) is 9.88 Å². The summed E-state index contributed by atoms with van der Waals surface area (Å²) in [5.41, 5.74) is 1.02. The standard InChI is InChI=1S/C26H35N5O5S/c1-17(15-36-6)28-22-12-18(10-11-27-22)14-29-24(33)31(23(32)26(29,4)5)19-8-9-20-21(13-19)30(37(7,34)35)16-25(20,2)3/h8-13,17H,14-16H2,1-7H3,(H,27,28)/t17-/m1/s1. The van der Waals surface area contributed by atoms with E-state index in [9.17, 15) is 18.0 Å². The lowest BCUT2D eigenvalue weighted by Gasteiger charge is -2.28. The molecule has 1 saturated heterocycles. The summed E-state index contributed by atoms with van der Waals surface area (Å²) in [7, 11) is -1.90. The molecular weight excluding hydrogens is 494 g/mol. The van der Waals surface area contributed by atoms with Crippen LogP contribution in [0.15, 0.2) is 36.5 Å². The van der Waals surface area contributed by atoms with Crippen LogP contribution in [0.3, 0.4) is 0 Å². The Morgan fingerprint density at radius 3 is 2.49 bits per heavy atom. The van der Waals surface area contributed by atoms with Crippen LogP contribution in [0.25, 0.3) is 0 Å². The maximum absolute atomic E-state index is 13.6. The molecule has 4 rings (SSSR count). The number of ether oxygens (including phenoxy) is 1. The van der Waals surface area contributed by atoms with Crippen molar-refractivity contribution in [2.75, 3.05) is 41.0 Å². The summed E-state index contributed by atoms with van der Waals surface area (Å²) in [6.07, 6.45) is 2.82. The molecule has 1 aromatic carbocycles. The minimum Gasteiger partial charge on any atom is -0.383 e. The molecule has 10 nitrogen and oxygen atoms in total. The van der Waals surface area contributed by atoms with Crippen LogP contribution in [0.4, 0.5) is 22.0 Å². The number of imide groups is 1. The molecule has 2 aromatic rings. The van der Waals surface area contributed by atoms with Gasteiger partial charge in [0.15, 0.2) is 0 Å². The molecule has 0 spiro atoms. The number of methoxy groups -OCH3 is 1. The molecule has 0 unspecified atom stereocenters. The number of anilines is 3. The molecule has 0 aliphatic carbocycles. The van der Waals surface area contributed by atoms with Crippen molar-refractivity contribution in [1.29, 1.82) is 0 Å². The van der Waals surface area contributed by atoms with E-state index in [1.807, 2.05) is 39.0 Å². The van der Waals surface area contributed by atoms with E-state index in [-0.39, 0.29) is 18.5 Å². The van der Waals surface area contributed by atoms with Crippen LogP contribution in [-0.4, -0.2) is 68.3 Å². The number of benzene rings is 1. The Morgan fingerprint density at radius 1 is 1.14 bits per heavy atom. The third kappa shape index (κ3) is 4.89. The Kier molecular flexibility index (Phi) is 6.74. The van der Waals surface area contributed by atoms with Gasteiger partial charge < -0.3 is 15.0 Å². The average molecular weight is 530 g/mol. The Bertz CT molecular complexity index is 1340. The summed E-state index contributed by atoms with van der Waals surface area (Å²) in [6.45, 7) is 10.4.